The van der Waals surface area contributed by atoms with Crippen molar-refractivity contribution in [3.63, 3.8) is 0 Å². The Morgan fingerprint density at radius 1 is 1.04 bits per heavy atom. The van der Waals surface area contributed by atoms with Gasteiger partial charge in [0.15, 0.2) is 5.65 Å². The van der Waals surface area contributed by atoms with E-state index in [-0.39, 0.29) is 5.82 Å². The van der Waals surface area contributed by atoms with Gasteiger partial charge in [0.25, 0.3) is 0 Å². The minimum absolute atomic E-state index is 0.297. The van der Waals surface area contributed by atoms with Crippen molar-refractivity contribution in [2.75, 3.05) is 5.32 Å². The number of benzene rings is 2. The molecule has 0 spiro atoms. The minimum atomic E-state index is -0.297. The van der Waals surface area contributed by atoms with Gasteiger partial charge in [-0.25, -0.2) is 9.37 Å². The summed E-state index contributed by atoms with van der Waals surface area (Å²) in [6, 6.07) is 14.9. The van der Waals surface area contributed by atoms with Crippen molar-refractivity contribution in [1.29, 1.82) is 0 Å². The summed E-state index contributed by atoms with van der Waals surface area (Å²) >= 11 is 0. The van der Waals surface area contributed by atoms with Crippen LogP contribution in [0.25, 0.3) is 27.8 Å². The molecule has 4 aromatic rings. The predicted octanol–water partition coefficient (Wildman–Crippen LogP) is 4.44. The smallest absolute Gasteiger partial charge is 0.186 e. The zero-order valence-corrected chi connectivity index (χ0v) is 14.2. The van der Waals surface area contributed by atoms with E-state index >= 15 is 0 Å². The normalized spacial score (nSPS) is 15.1. The van der Waals surface area contributed by atoms with Gasteiger partial charge < -0.3 is 5.32 Å². The first-order chi connectivity index (χ1) is 12.8. The number of nitrogens with one attached hydrogen (secondary N) is 1. The fraction of sp³-hybridized carbons (Fsp3) is 0.250. The lowest BCUT2D eigenvalue weighted by Gasteiger charge is -2.15. The second-order valence-electron chi connectivity index (χ2n) is 6.79. The number of nitrogens with zero attached hydrogens (tertiary/aromatic N) is 4. The highest BCUT2D eigenvalue weighted by molar-refractivity contribution is 5.93. The number of para-hydroxylation sites is 1. The van der Waals surface area contributed by atoms with Gasteiger partial charge in [0.1, 0.15) is 17.3 Å². The van der Waals surface area contributed by atoms with Crippen molar-refractivity contribution in [2.45, 2.75) is 31.7 Å². The zero-order chi connectivity index (χ0) is 17.5. The summed E-state index contributed by atoms with van der Waals surface area (Å²) < 4.78 is 15.4. The number of fused-ring (bicyclic) bond motifs is 3. The van der Waals surface area contributed by atoms with E-state index < -0.39 is 0 Å². The molecular weight excluding hydrogens is 329 g/mol. The third-order valence-electron chi connectivity index (χ3n) is 5.05. The fourth-order valence-electron chi connectivity index (χ4n) is 3.76. The van der Waals surface area contributed by atoms with E-state index in [1.807, 2.05) is 30.3 Å². The van der Waals surface area contributed by atoms with E-state index in [1.54, 1.807) is 10.6 Å². The molecule has 5 rings (SSSR count). The van der Waals surface area contributed by atoms with Crippen molar-refractivity contribution in [2.24, 2.45) is 0 Å². The molecule has 0 bridgehead atoms. The lowest BCUT2D eigenvalue weighted by Crippen LogP contribution is -2.16. The minimum Gasteiger partial charge on any atom is -0.367 e. The second kappa shape index (κ2) is 6.05. The molecule has 0 radical (unpaired) electrons. The first-order valence-corrected chi connectivity index (χ1v) is 8.96. The maximum atomic E-state index is 13.7. The molecule has 6 heteroatoms. The molecule has 5 nitrogen and oxygen atoms in total. The van der Waals surface area contributed by atoms with E-state index in [9.17, 15) is 4.39 Å². The second-order valence-corrected chi connectivity index (χ2v) is 6.79. The molecule has 1 fully saturated rings. The van der Waals surface area contributed by atoms with Crippen LogP contribution in [-0.4, -0.2) is 25.9 Å². The highest BCUT2D eigenvalue weighted by Crippen LogP contribution is 2.30. The molecule has 1 aliphatic carbocycles. The molecule has 2 aromatic heterocycles. The Bertz CT molecular complexity index is 1100. The molecule has 2 aromatic carbocycles. The summed E-state index contributed by atoms with van der Waals surface area (Å²) in [5, 5.41) is 13.2. The van der Waals surface area contributed by atoms with Crippen LogP contribution in [0, 0.1) is 5.82 Å². The van der Waals surface area contributed by atoms with Gasteiger partial charge in [0.05, 0.1) is 5.52 Å². The van der Waals surface area contributed by atoms with Gasteiger partial charge in [0, 0.05) is 17.0 Å². The third-order valence-corrected chi connectivity index (χ3v) is 5.05. The van der Waals surface area contributed by atoms with Crippen molar-refractivity contribution in [3.05, 3.63) is 54.3 Å². The Balaban J connectivity index is 1.73. The van der Waals surface area contributed by atoms with Crippen molar-refractivity contribution in [1.82, 2.24) is 19.8 Å². The number of aromatic nitrogens is 4. The Morgan fingerprint density at radius 2 is 1.88 bits per heavy atom. The van der Waals surface area contributed by atoms with Crippen molar-refractivity contribution < 1.29 is 4.39 Å². The summed E-state index contributed by atoms with van der Waals surface area (Å²) in [6.45, 7) is 0. The van der Waals surface area contributed by atoms with E-state index in [4.69, 9.17) is 4.98 Å². The van der Waals surface area contributed by atoms with Crippen LogP contribution in [-0.2, 0) is 0 Å². The number of rotatable bonds is 3. The molecule has 2 heterocycles. The Morgan fingerprint density at radius 3 is 2.73 bits per heavy atom. The molecule has 1 aliphatic rings. The molecule has 0 amide bonds. The highest BCUT2D eigenvalue weighted by atomic mass is 19.1. The average molecular weight is 347 g/mol. The number of hydrogen-bond donors (Lipinski definition) is 1. The van der Waals surface area contributed by atoms with Gasteiger partial charge in [-0.2, -0.15) is 4.52 Å². The van der Waals surface area contributed by atoms with Crippen LogP contribution in [0.4, 0.5) is 10.2 Å². The lowest BCUT2D eigenvalue weighted by atomic mass is 10.1. The van der Waals surface area contributed by atoms with Crippen molar-refractivity contribution in [3.8, 4) is 11.3 Å². The van der Waals surface area contributed by atoms with E-state index in [0.717, 1.165) is 29.6 Å². The Kier molecular flexibility index (Phi) is 3.55. The fourth-order valence-corrected chi connectivity index (χ4v) is 3.76. The van der Waals surface area contributed by atoms with Crippen LogP contribution in [0.5, 0.6) is 0 Å². The first kappa shape index (κ1) is 15.3. The Hall–Kier alpha value is -3.02. The monoisotopic (exact) mass is 347 g/mol. The van der Waals surface area contributed by atoms with E-state index in [2.05, 4.69) is 15.6 Å². The van der Waals surface area contributed by atoms with Gasteiger partial charge in [-0.3, -0.25) is 0 Å². The maximum Gasteiger partial charge on any atom is 0.186 e. The van der Waals surface area contributed by atoms with Crippen LogP contribution in [0.1, 0.15) is 25.7 Å². The van der Waals surface area contributed by atoms with Gasteiger partial charge in [-0.15, -0.1) is 5.10 Å². The quantitative estimate of drug-likeness (QED) is 0.595. The lowest BCUT2D eigenvalue weighted by molar-refractivity contribution is 0.628. The highest BCUT2D eigenvalue weighted by Gasteiger charge is 2.19. The molecule has 26 heavy (non-hydrogen) atoms. The zero-order valence-electron chi connectivity index (χ0n) is 14.2. The molecule has 0 atom stereocenters. The first-order valence-electron chi connectivity index (χ1n) is 8.96. The molecule has 130 valence electrons. The average Bonchev–Trinajstić information content (AvgIpc) is 3.32. The van der Waals surface area contributed by atoms with Gasteiger partial charge in [-0.1, -0.05) is 42.3 Å². The largest absolute Gasteiger partial charge is 0.367 e. The maximum absolute atomic E-state index is 13.7. The van der Waals surface area contributed by atoms with Gasteiger partial charge >= 0.3 is 0 Å². The summed E-state index contributed by atoms with van der Waals surface area (Å²) in [7, 11) is 0. The number of halogens is 1. The SMILES string of the molecule is Fc1cccc(-c2nnn3c2nc(NC2CCCC2)c2ccccc23)c1. The summed E-state index contributed by atoms with van der Waals surface area (Å²) in [5.74, 6) is 0.550. The molecule has 0 aliphatic heterocycles. The van der Waals surface area contributed by atoms with Crippen molar-refractivity contribution >= 4 is 22.4 Å². The molecule has 0 saturated heterocycles. The standard InChI is InChI=1S/C20H18FN5/c21-14-7-5-6-13(12-14)18-20-23-19(22-15-8-1-2-9-15)16-10-3-4-11-17(16)26(20)25-24-18/h3-7,10-12,15H,1-2,8-9H2,(H,22,23). The molecule has 0 unspecified atom stereocenters. The molecule has 1 saturated carbocycles. The van der Waals surface area contributed by atoms with Crippen LogP contribution in [0.15, 0.2) is 48.5 Å². The predicted molar refractivity (Wildman–Crippen MR) is 99.6 cm³/mol. The topological polar surface area (TPSA) is 55.1 Å². The van der Waals surface area contributed by atoms with E-state index in [0.29, 0.717) is 22.9 Å². The van der Waals surface area contributed by atoms with Crippen LogP contribution in [0.3, 0.4) is 0 Å². The van der Waals surface area contributed by atoms with Gasteiger partial charge in [-0.05, 0) is 37.1 Å². The molecule has 1 N–H and O–H groups in total. The summed E-state index contributed by atoms with van der Waals surface area (Å²) in [5.41, 5.74) is 2.84. The summed E-state index contributed by atoms with van der Waals surface area (Å²) in [6.07, 6.45) is 4.83. The van der Waals surface area contributed by atoms with E-state index in [1.165, 1.54) is 25.0 Å². The van der Waals surface area contributed by atoms with Crippen LogP contribution in [0.2, 0.25) is 0 Å². The molecular formula is C20H18FN5. The Labute approximate surface area is 149 Å². The van der Waals surface area contributed by atoms with Crippen LogP contribution >= 0.6 is 0 Å². The number of anilines is 1. The summed E-state index contributed by atoms with van der Waals surface area (Å²) in [4.78, 5) is 4.84. The van der Waals surface area contributed by atoms with Crippen LogP contribution < -0.4 is 5.32 Å². The van der Waals surface area contributed by atoms with Gasteiger partial charge in [0.2, 0.25) is 0 Å². The number of hydrogen-bond acceptors (Lipinski definition) is 4. The third kappa shape index (κ3) is 2.49.